The van der Waals surface area contributed by atoms with Crippen molar-refractivity contribution in [3.8, 4) is 0 Å². The molecule has 20 heavy (non-hydrogen) atoms. The lowest BCUT2D eigenvalue weighted by Gasteiger charge is -2.30. The number of piperidine rings is 1. The summed E-state index contributed by atoms with van der Waals surface area (Å²) in [5, 5.41) is 62.3. The SMILES string of the molecule is O=C(O)C(O)C(O)C(=O)O.OC[C@H]1CNC[C@@H](O)[C@@H]1O. The van der Waals surface area contributed by atoms with Crippen molar-refractivity contribution in [3.05, 3.63) is 0 Å². The molecule has 0 aliphatic carbocycles. The molecule has 1 rings (SSSR count). The van der Waals surface area contributed by atoms with Crippen LogP contribution in [0.3, 0.4) is 0 Å². The van der Waals surface area contributed by atoms with Crippen LogP contribution in [-0.2, 0) is 9.59 Å². The summed E-state index contributed by atoms with van der Waals surface area (Å²) in [5.74, 6) is -3.76. The van der Waals surface area contributed by atoms with E-state index in [1.807, 2.05) is 0 Å². The summed E-state index contributed by atoms with van der Waals surface area (Å²) in [5.41, 5.74) is 0. The maximum atomic E-state index is 9.77. The number of hydrogen-bond donors (Lipinski definition) is 8. The van der Waals surface area contributed by atoms with Gasteiger partial charge in [-0.05, 0) is 0 Å². The van der Waals surface area contributed by atoms with Crippen LogP contribution >= 0.6 is 0 Å². The summed E-state index contributed by atoms with van der Waals surface area (Å²) < 4.78 is 0. The topological polar surface area (TPSA) is 188 Å². The highest BCUT2D eigenvalue weighted by molar-refractivity contribution is 5.83. The van der Waals surface area contributed by atoms with Gasteiger partial charge in [-0.3, -0.25) is 0 Å². The van der Waals surface area contributed by atoms with Gasteiger partial charge in [0, 0.05) is 25.6 Å². The summed E-state index contributed by atoms with van der Waals surface area (Å²) in [4.78, 5) is 19.5. The van der Waals surface area contributed by atoms with Crippen molar-refractivity contribution < 1.29 is 45.3 Å². The van der Waals surface area contributed by atoms with E-state index in [4.69, 9.17) is 30.6 Å². The molecule has 10 heteroatoms. The van der Waals surface area contributed by atoms with Gasteiger partial charge in [-0.15, -0.1) is 0 Å². The zero-order valence-electron chi connectivity index (χ0n) is 10.5. The van der Waals surface area contributed by atoms with Crippen LogP contribution in [0.2, 0.25) is 0 Å². The van der Waals surface area contributed by atoms with Crippen LogP contribution in [0.15, 0.2) is 0 Å². The molecule has 1 aliphatic heterocycles. The highest BCUT2D eigenvalue weighted by atomic mass is 16.4. The Kier molecular flexibility index (Phi) is 8.22. The summed E-state index contributed by atoms with van der Waals surface area (Å²) in [6, 6.07) is 0. The maximum Gasteiger partial charge on any atom is 0.335 e. The summed E-state index contributed by atoms with van der Waals surface area (Å²) in [6.45, 7) is 0.914. The fourth-order valence-electron chi connectivity index (χ4n) is 1.41. The normalized spacial score (nSPS) is 28.8. The Balaban J connectivity index is 0.000000361. The van der Waals surface area contributed by atoms with Crippen LogP contribution in [0.5, 0.6) is 0 Å². The molecule has 0 bridgehead atoms. The standard InChI is InChI=1S/C6H13NO3.C4H6O6/c8-3-4-1-7-2-5(9)6(4)10;5-1(3(7)8)2(6)4(9)10/h4-10H,1-3H2;1-2,5-6H,(H,7,8)(H,9,10)/t4-,5-,6-;/m1./s1. The highest BCUT2D eigenvalue weighted by Gasteiger charge is 2.30. The smallest absolute Gasteiger partial charge is 0.335 e. The van der Waals surface area contributed by atoms with Crippen LogP contribution < -0.4 is 5.32 Å². The molecule has 0 saturated carbocycles. The number of carboxylic acids is 2. The van der Waals surface area contributed by atoms with E-state index in [-0.39, 0.29) is 12.5 Å². The first-order valence-corrected chi connectivity index (χ1v) is 5.71. The minimum absolute atomic E-state index is 0.0781. The van der Waals surface area contributed by atoms with Crippen molar-refractivity contribution in [1.82, 2.24) is 5.32 Å². The number of rotatable bonds is 4. The van der Waals surface area contributed by atoms with Gasteiger partial charge in [-0.1, -0.05) is 0 Å². The largest absolute Gasteiger partial charge is 0.479 e. The van der Waals surface area contributed by atoms with Gasteiger partial charge in [0.15, 0.2) is 12.2 Å². The van der Waals surface area contributed by atoms with Gasteiger partial charge < -0.3 is 41.1 Å². The molecule has 1 heterocycles. The monoisotopic (exact) mass is 297 g/mol. The zero-order valence-corrected chi connectivity index (χ0v) is 10.5. The molecule has 2 unspecified atom stereocenters. The molecule has 0 spiro atoms. The van der Waals surface area contributed by atoms with Crippen molar-refractivity contribution in [2.75, 3.05) is 19.7 Å². The molecule has 8 N–H and O–H groups in total. The molecule has 5 atom stereocenters. The molecule has 118 valence electrons. The van der Waals surface area contributed by atoms with E-state index in [2.05, 4.69) is 5.32 Å². The third kappa shape index (κ3) is 5.77. The Morgan fingerprint density at radius 3 is 1.80 bits per heavy atom. The second kappa shape index (κ2) is 8.79. The Labute approximate surface area is 113 Å². The summed E-state index contributed by atoms with van der Waals surface area (Å²) >= 11 is 0. The number of carbonyl (C=O) groups is 2. The minimum Gasteiger partial charge on any atom is -0.479 e. The third-order valence-corrected chi connectivity index (χ3v) is 2.68. The van der Waals surface area contributed by atoms with Gasteiger partial charge in [0.1, 0.15) is 0 Å². The van der Waals surface area contributed by atoms with E-state index >= 15 is 0 Å². The third-order valence-electron chi connectivity index (χ3n) is 2.68. The lowest BCUT2D eigenvalue weighted by molar-refractivity contribution is -0.165. The average Bonchev–Trinajstić information content (AvgIpc) is 2.40. The number of nitrogens with one attached hydrogen (secondary N) is 1. The van der Waals surface area contributed by atoms with Gasteiger partial charge >= 0.3 is 11.9 Å². The highest BCUT2D eigenvalue weighted by Crippen LogP contribution is 2.10. The summed E-state index contributed by atoms with van der Waals surface area (Å²) in [6.07, 6.45) is -6.04. The van der Waals surface area contributed by atoms with Crippen molar-refractivity contribution in [2.24, 2.45) is 5.92 Å². The van der Waals surface area contributed by atoms with Gasteiger partial charge in [0.25, 0.3) is 0 Å². The maximum absolute atomic E-state index is 9.77. The number of hydrogen-bond acceptors (Lipinski definition) is 8. The molecular weight excluding hydrogens is 278 g/mol. The van der Waals surface area contributed by atoms with Crippen molar-refractivity contribution in [3.63, 3.8) is 0 Å². The minimum atomic E-state index is -2.27. The number of aliphatic hydroxyl groups excluding tert-OH is 5. The fraction of sp³-hybridized carbons (Fsp3) is 0.800. The molecular formula is C10H19NO9. The van der Waals surface area contributed by atoms with E-state index in [9.17, 15) is 14.7 Å². The molecule has 0 aromatic carbocycles. The number of aliphatic carboxylic acids is 2. The average molecular weight is 297 g/mol. The molecule has 0 radical (unpaired) electrons. The van der Waals surface area contributed by atoms with Gasteiger partial charge in [-0.2, -0.15) is 0 Å². The lowest BCUT2D eigenvalue weighted by Crippen LogP contribution is -2.51. The van der Waals surface area contributed by atoms with Crippen molar-refractivity contribution in [2.45, 2.75) is 24.4 Å². The first-order chi connectivity index (χ1) is 9.22. The quantitative estimate of drug-likeness (QED) is 0.252. The van der Waals surface area contributed by atoms with E-state index in [0.29, 0.717) is 13.1 Å². The Morgan fingerprint density at radius 2 is 1.50 bits per heavy atom. The van der Waals surface area contributed by atoms with Crippen LogP contribution in [-0.4, -0.2) is 91.8 Å². The lowest BCUT2D eigenvalue weighted by atomic mass is 9.95. The zero-order chi connectivity index (χ0) is 15.9. The van der Waals surface area contributed by atoms with E-state index < -0.39 is 36.4 Å². The van der Waals surface area contributed by atoms with E-state index in [0.717, 1.165) is 0 Å². The van der Waals surface area contributed by atoms with Crippen LogP contribution in [0.4, 0.5) is 0 Å². The fourth-order valence-corrected chi connectivity index (χ4v) is 1.41. The Bertz CT molecular complexity index is 306. The van der Waals surface area contributed by atoms with Gasteiger partial charge in [0.2, 0.25) is 0 Å². The molecule has 1 fully saturated rings. The second-order valence-electron chi connectivity index (χ2n) is 4.22. The van der Waals surface area contributed by atoms with Crippen LogP contribution in [0, 0.1) is 5.92 Å². The van der Waals surface area contributed by atoms with Gasteiger partial charge in [0.05, 0.1) is 12.2 Å². The Morgan fingerprint density at radius 1 is 1.05 bits per heavy atom. The van der Waals surface area contributed by atoms with Gasteiger partial charge in [-0.25, -0.2) is 9.59 Å². The number of β-amino-alcohol motifs (C(OH)–C–C–N with tert-alkyl or cyclic N) is 1. The number of carboxylic acid groups (broad SMARTS) is 2. The van der Waals surface area contributed by atoms with Crippen LogP contribution in [0.1, 0.15) is 0 Å². The first-order valence-electron chi connectivity index (χ1n) is 5.71. The molecule has 10 nitrogen and oxygen atoms in total. The molecule has 1 aliphatic rings. The molecule has 1 saturated heterocycles. The number of aliphatic hydroxyl groups is 5. The van der Waals surface area contributed by atoms with Crippen molar-refractivity contribution >= 4 is 11.9 Å². The molecule has 0 aromatic rings. The van der Waals surface area contributed by atoms with E-state index in [1.165, 1.54) is 0 Å². The Hall–Kier alpha value is -1.30. The summed E-state index contributed by atoms with van der Waals surface area (Å²) in [7, 11) is 0. The van der Waals surface area contributed by atoms with Crippen LogP contribution in [0.25, 0.3) is 0 Å². The predicted octanol–water partition coefficient (Wildman–Crippen LogP) is -4.20. The van der Waals surface area contributed by atoms with Crippen molar-refractivity contribution in [1.29, 1.82) is 0 Å². The first kappa shape index (κ1) is 18.7. The second-order valence-corrected chi connectivity index (χ2v) is 4.22. The molecule has 0 amide bonds. The van der Waals surface area contributed by atoms with E-state index in [1.54, 1.807) is 0 Å². The predicted molar refractivity (Wildman–Crippen MR) is 62.7 cm³/mol. The molecule has 0 aromatic heterocycles.